The van der Waals surface area contributed by atoms with Crippen LogP contribution < -0.4 is 14.4 Å². The number of anilines is 2. The van der Waals surface area contributed by atoms with Gasteiger partial charge >= 0.3 is 0 Å². The summed E-state index contributed by atoms with van der Waals surface area (Å²) in [5.41, 5.74) is 0.815. The summed E-state index contributed by atoms with van der Waals surface area (Å²) >= 11 is 6.08. The fraction of sp³-hybridized carbons (Fsp3) is 0.278. The second kappa shape index (κ2) is 8.42. The number of hydrogen-bond acceptors (Lipinski definition) is 4. The maximum Gasteiger partial charge on any atom is 0.248 e. The van der Waals surface area contributed by atoms with Crippen molar-refractivity contribution in [3.05, 3.63) is 53.6 Å². The molecule has 0 unspecified atom stereocenters. The summed E-state index contributed by atoms with van der Waals surface area (Å²) in [6.45, 7) is 1.75. The number of para-hydroxylation sites is 1. The van der Waals surface area contributed by atoms with Crippen molar-refractivity contribution in [1.82, 2.24) is 0 Å². The number of benzene rings is 2. The van der Waals surface area contributed by atoms with E-state index >= 15 is 0 Å². The predicted octanol–water partition coefficient (Wildman–Crippen LogP) is 3.53. The van der Waals surface area contributed by atoms with Crippen LogP contribution in [0, 0.1) is 0 Å². The molecule has 0 aliphatic carbocycles. The molecule has 0 fully saturated rings. The van der Waals surface area contributed by atoms with Crippen molar-refractivity contribution in [3.8, 4) is 5.75 Å². The summed E-state index contributed by atoms with van der Waals surface area (Å²) in [5.74, 6) is 0.137. The number of rotatable bonds is 7. The third kappa shape index (κ3) is 4.68. The summed E-state index contributed by atoms with van der Waals surface area (Å²) in [5, 5.41) is 3.09. The molecular weight excluding hydrogens is 376 g/mol. The lowest BCUT2D eigenvalue weighted by atomic mass is 10.1. The second-order valence-corrected chi connectivity index (χ2v) is 7.92. The van der Waals surface area contributed by atoms with Gasteiger partial charge < -0.3 is 10.1 Å². The van der Waals surface area contributed by atoms with Gasteiger partial charge in [0.15, 0.2) is 0 Å². The largest absolute Gasteiger partial charge is 0.497 e. The molecule has 0 aliphatic heterocycles. The van der Waals surface area contributed by atoms with Crippen LogP contribution in [0.15, 0.2) is 48.5 Å². The van der Waals surface area contributed by atoms with Crippen LogP contribution in [0.1, 0.15) is 13.3 Å². The molecule has 0 saturated carbocycles. The van der Waals surface area contributed by atoms with Crippen LogP contribution in [0.4, 0.5) is 11.4 Å². The second-order valence-electron chi connectivity index (χ2n) is 5.65. The standard InChI is InChI=1S/C18H21ClN2O4S/c1-4-17(18(22)20-16-8-6-5-7-15(16)19)21(26(3,23)24)13-9-11-14(25-2)12-10-13/h5-12,17H,4H2,1-3H3,(H,20,22)/t17-/m1/s1. The van der Waals surface area contributed by atoms with Crippen molar-refractivity contribution >= 4 is 38.9 Å². The maximum absolute atomic E-state index is 12.8. The van der Waals surface area contributed by atoms with Crippen LogP contribution in [0.3, 0.4) is 0 Å². The van der Waals surface area contributed by atoms with Crippen LogP contribution in [-0.4, -0.2) is 33.7 Å². The fourth-order valence-electron chi connectivity index (χ4n) is 2.57. The smallest absolute Gasteiger partial charge is 0.248 e. The van der Waals surface area contributed by atoms with E-state index in [1.54, 1.807) is 55.5 Å². The molecule has 0 bridgehead atoms. The fourth-order valence-corrected chi connectivity index (χ4v) is 3.96. The molecule has 0 aliphatic rings. The summed E-state index contributed by atoms with van der Waals surface area (Å²) in [7, 11) is -2.17. The molecule has 0 aromatic heterocycles. The Balaban J connectivity index is 2.37. The molecule has 0 radical (unpaired) electrons. The minimum atomic E-state index is -3.70. The normalized spacial score (nSPS) is 12.3. The van der Waals surface area contributed by atoms with Crippen LogP contribution in [0.5, 0.6) is 5.75 Å². The Kier molecular flexibility index (Phi) is 6.50. The summed E-state index contributed by atoms with van der Waals surface area (Å²) in [4.78, 5) is 12.8. The first-order chi connectivity index (χ1) is 12.3. The summed E-state index contributed by atoms with van der Waals surface area (Å²) < 4.78 is 31.0. The Hall–Kier alpha value is -2.25. The lowest BCUT2D eigenvalue weighted by molar-refractivity contribution is -0.117. The zero-order valence-corrected chi connectivity index (χ0v) is 16.3. The van der Waals surface area contributed by atoms with Gasteiger partial charge in [-0.1, -0.05) is 30.7 Å². The first kappa shape index (κ1) is 20.1. The van der Waals surface area contributed by atoms with Crippen LogP contribution in [-0.2, 0) is 14.8 Å². The molecule has 26 heavy (non-hydrogen) atoms. The maximum atomic E-state index is 12.8. The third-order valence-corrected chi connectivity index (χ3v) is 5.30. The van der Waals surface area contributed by atoms with E-state index in [1.807, 2.05) is 0 Å². The Bertz CT molecular complexity index is 869. The highest BCUT2D eigenvalue weighted by atomic mass is 35.5. The van der Waals surface area contributed by atoms with E-state index < -0.39 is 22.0 Å². The van der Waals surface area contributed by atoms with E-state index in [2.05, 4.69) is 5.32 Å². The lowest BCUT2D eigenvalue weighted by Gasteiger charge is -2.30. The highest BCUT2D eigenvalue weighted by Gasteiger charge is 2.31. The highest BCUT2D eigenvalue weighted by molar-refractivity contribution is 7.92. The van der Waals surface area contributed by atoms with Crippen LogP contribution in [0.25, 0.3) is 0 Å². The monoisotopic (exact) mass is 396 g/mol. The average molecular weight is 397 g/mol. The average Bonchev–Trinajstić information content (AvgIpc) is 2.60. The molecule has 1 amide bonds. The minimum absolute atomic E-state index is 0.287. The molecular formula is C18H21ClN2O4S. The van der Waals surface area contributed by atoms with E-state index in [0.29, 0.717) is 22.1 Å². The number of methoxy groups -OCH3 is 1. The van der Waals surface area contributed by atoms with E-state index in [0.717, 1.165) is 10.6 Å². The van der Waals surface area contributed by atoms with Crippen molar-refractivity contribution in [2.45, 2.75) is 19.4 Å². The number of halogens is 1. The van der Waals surface area contributed by atoms with E-state index in [1.165, 1.54) is 7.11 Å². The molecule has 0 saturated heterocycles. The number of carbonyl (C=O) groups excluding carboxylic acids is 1. The van der Waals surface area contributed by atoms with Crippen LogP contribution in [0.2, 0.25) is 5.02 Å². The lowest BCUT2D eigenvalue weighted by Crippen LogP contribution is -2.47. The third-order valence-electron chi connectivity index (χ3n) is 3.79. The molecule has 2 rings (SSSR count). The van der Waals surface area contributed by atoms with E-state index in [4.69, 9.17) is 16.3 Å². The van der Waals surface area contributed by atoms with E-state index in [9.17, 15) is 13.2 Å². The number of carbonyl (C=O) groups is 1. The molecule has 140 valence electrons. The Morgan fingerprint density at radius 2 is 1.81 bits per heavy atom. The zero-order chi connectivity index (χ0) is 19.3. The first-order valence-corrected chi connectivity index (χ1v) is 10.2. The van der Waals surface area contributed by atoms with Gasteiger partial charge in [0.2, 0.25) is 15.9 Å². The molecule has 2 aromatic carbocycles. The van der Waals surface area contributed by atoms with Crippen molar-refractivity contribution in [1.29, 1.82) is 0 Å². The number of nitrogens with one attached hydrogen (secondary N) is 1. The molecule has 8 heteroatoms. The number of hydrogen-bond donors (Lipinski definition) is 1. The number of sulfonamides is 1. The van der Waals surface area contributed by atoms with Gasteiger partial charge in [0, 0.05) is 0 Å². The number of ether oxygens (including phenoxy) is 1. The van der Waals surface area contributed by atoms with Gasteiger partial charge in [-0.2, -0.15) is 0 Å². The molecule has 6 nitrogen and oxygen atoms in total. The summed E-state index contributed by atoms with van der Waals surface area (Å²) in [6, 6.07) is 12.4. The highest BCUT2D eigenvalue weighted by Crippen LogP contribution is 2.27. The predicted molar refractivity (Wildman–Crippen MR) is 104 cm³/mol. The van der Waals surface area contributed by atoms with Gasteiger partial charge in [0.05, 0.1) is 29.8 Å². The first-order valence-electron chi connectivity index (χ1n) is 7.96. The number of amides is 1. The summed E-state index contributed by atoms with van der Waals surface area (Å²) in [6.07, 6.45) is 1.36. The topological polar surface area (TPSA) is 75.7 Å². The quantitative estimate of drug-likeness (QED) is 0.776. The van der Waals surface area contributed by atoms with E-state index in [-0.39, 0.29) is 6.42 Å². The van der Waals surface area contributed by atoms with Gasteiger partial charge in [-0.15, -0.1) is 0 Å². The van der Waals surface area contributed by atoms with Gasteiger partial charge in [-0.25, -0.2) is 8.42 Å². The SMILES string of the molecule is CC[C@H](C(=O)Nc1ccccc1Cl)N(c1ccc(OC)cc1)S(C)(=O)=O. The Labute approximate surface area is 158 Å². The Morgan fingerprint density at radius 1 is 1.19 bits per heavy atom. The molecule has 1 atom stereocenters. The van der Waals surface area contributed by atoms with Gasteiger partial charge in [0.25, 0.3) is 0 Å². The zero-order valence-electron chi connectivity index (χ0n) is 14.8. The van der Waals surface area contributed by atoms with Gasteiger partial charge in [-0.3, -0.25) is 9.10 Å². The molecule has 0 spiro atoms. The minimum Gasteiger partial charge on any atom is -0.497 e. The van der Waals surface area contributed by atoms with Crippen molar-refractivity contribution < 1.29 is 17.9 Å². The van der Waals surface area contributed by atoms with Gasteiger partial charge in [-0.05, 0) is 42.8 Å². The van der Waals surface area contributed by atoms with Crippen LogP contribution >= 0.6 is 11.6 Å². The molecule has 2 aromatic rings. The Morgan fingerprint density at radius 3 is 2.31 bits per heavy atom. The van der Waals surface area contributed by atoms with Crippen molar-refractivity contribution in [2.24, 2.45) is 0 Å². The molecule has 0 heterocycles. The van der Waals surface area contributed by atoms with Gasteiger partial charge in [0.1, 0.15) is 11.8 Å². The van der Waals surface area contributed by atoms with Crippen molar-refractivity contribution in [2.75, 3.05) is 23.0 Å². The molecule has 1 N–H and O–H groups in total. The number of nitrogens with zero attached hydrogens (tertiary/aromatic N) is 1. The van der Waals surface area contributed by atoms with Crippen molar-refractivity contribution in [3.63, 3.8) is 0 Å².